The van der Waals surface area contributed by atoms with Crippen LogP contribution in [0.15, 0.2) is 0 Å². The quantitative estimate of drug-likeness (QED) is 0.661. The molecule has 2 atom stereocenters. The molecule has 1 aliphatic rings. The Balaban J connectivity index is 2.34. The van der Waals surface area contributed by atoms with Crippen LogP contribution in [0.25, 0.3) is 0 Å². The van der Waals surface area contributed by atoms with Crippen molar-refractivity contribution < 1.29 is 5.11 Å². The predicted molar refractivity (Wildman–Crippen MR) is 50.8 cm³/mol. The van der Waals surface area contributed by atoms with Crippen LogP contribution in [0, 0.1) is 11.8 Å². The molecule has 0 aromatic rings. The predicted octanol–water partition coefficient (Wildman–Crippen LogP) is 1.52. The highest BCUT2D eigenvalue weighted by Gasteiger charge is 2.26. The van der Waals surface area contributed by atoms with E-state index in [1.807, 2.05) is 6.92 Å². The molecule has 1 saturated carbocycles. The Morgan fingerprint density at radius 2 is 1.75 bits per heavy atom. The van der Waals surface area contributed by atoms with Crippen molar-refractivity contribution in [3.8, 4) is 0 Å². The fourth-order valence-corrected chi connectivity index (χ4v) is 2.06. The molecule has 0 radical (unpaired) electrons. The number of aliphatic hydroxyl groups is 1. The molecule has 3 N–H and O–H groups in total. The van der Waals surface area contributed by atoms with Crippen molar-refractivity contribution >= 4 is 0 Å². The SMILES string of the molecule is CC1CCC(C(O)[C@@H](C)N)CC1. The molecule has 1 fully saturated rings. The van der Waals surface area contributed by atoms with Crippen LogP contribution in [-0.4, -0.2) is 17.3 Å². The van der Waals surface area contributed by atoms with Crippen molar-refractivity contribution in [3.05, 3.63) is 0 Å². The van der Waals surface area contributed by atoms with E-state index < -0.39 is 0 Å². The molecule has 2 nitrogen and oxygen atoms in total. The Labute approximate surface area is 75.2 Å². The van der Waals surface area contributed by atoms with Gasteiger partial charge in [0.05, 0.1) is 6.10 Å². The van der Waals surface area contributed by atoms with Crippen LogP contribution in [0.1, 0.15) is 39.5 Å². The molecule has 0 heterocycles. The fraction of sp³-hybridized carbons (Fsp3) is 1.00. The molecule has 0 amide bonds. The van der Waals surface area contributed by atoms with Gasteiger partial charge in [-0.2, -0.15) is 0 Å². The van der Waals surface area contributed by atoms with Gasteiger partial charge < -0.3 is 10.8 Å². The Hall–Kier alpha value is -0.0800. The average molecular weight is 171 g/mol. The van der Waals surface area contributed by atoms with Gasteiger partial charge in [0.1, 0.15) is 0 Å². The van der Waals surface area contributed by atoms with Crippen LogP contribution in [0.4, 0.5) is 0 Å². The largest absolute Gasteiger partial charge is 0.391 e. The molecule has 2 heteroatoms. The number of hydrogen-bond acceptors (Lipinski definition) is 2. The van der Waals surface area contributed by atoms with Gasteiger partial charge in [-0.1, -0.05) is 19.8 Å². The first-order chi connectivity index (χ1) is 5.61. The molecular formula is C10H21NO. The van der Waals surface area contributed by atoms with Gasteiger partial charge >= 0.3 is 0 Å². The molecule has 72 valence electrons. The Kier molecular flexibility index (Phi) is 3.53. The summed E-state index contributed by atoms with van der Waals surface area (Å²) in [5.41, 5.74) is 5.65. The summed E-state index contributed by atoms with van der Waals surface area (Å²) in [6.45, 7) is 4.18. The van der Waals surface area contributed by atoms with Crippen LogP contribution in [-0.2, 0) is 0 Å². The second-order valence-electron chi connectivity index (χ2n) is 4.37. The standard InChI is InChI=1S/C10H21NO/c1-7-3-5-9(6-4-7)10(12)8(2)11/h7-10,12H,3-6,11H2,1-2H3/t7?,8-,9?,10?/m1/s1. The van der Waals surface area contributed by atoms with Crippen molar-refractivity contribution in [3.63, 3.8) is 0 Å². The third kappa shape index (κ3) is 2.46. The maximum atomic E-state index is 9.71. The first-order valence-corrected chi connectivity index (χ1v) is 5.05. The van der Waals surface area contributed by atoms with Gasteiger partial charge in [0.25, 0.3) is 0 Å². The smallest absolute Gasteiger partial charge is 0.0716 e. The minimum absolute atomic E-state index is 0.0663. The van der Waals surface area contributed by atoms with Gasteiger partial charge in [-0.15, -0.1) is 0 Å². The van der Waals surface area contributed by atoms with Crippen molar-refractivity contribution in [1.29, 1.82) is 0 Å². The van der Waals surface area contributed by atoms with Gasteiger partial charge in [0, 0.05) is 6.04 Å². The summed E-state index contributed by atoms with van der Waals surface area (Å²) in [6.07, 6.45) is 4.55. The summed E-state index contributed by atoms with van der Waals surface area (Å²) in [7, 11) is 0. The van der Waals surface area contributed by atoms with Crippen molar-refractivity contribution in [2.45, 2.75) is 51.7 Å². The van der Waals surface area contributed by atoms with E-state index in [0.29, 0.717) is 5.92 Å². The maximum absolute atomic E-state index is 9.71. The summed E-state index contributed by atoms with van der Waals surface area (Å²) >= 11 is 0. The minimum atomic E-state index is -0.280. The first-order valence-electron chi connectivity index (χ1n) is 5.05. The summed E-state index contributed by atoms with van der Waals surface area (Å²) < 4.78 is 0. The van der Waals surface area contributed by atoms with Crippen LogP contribution in [0.2, 0.25) is 0 Å². The molecule has 1 aliphatic carbocycles. The van der Waals surface area contributed by atoms with Crippen LogP contribution in [0.5, 0.6) is 0 Å². The molecule has 0 saturated heterocycles. The van der Waals surface area contributed by atoms with E-state index in [2.05, 4.69) is 6.92 Å². The highest BCUT2D eigenvalue weighted by atomic mass is 16.3. The molecule has 0 spiro atoms. The number of hydrogen-bond donors (Lipinski definition) is 2. The second kappa shape index (κ2) is 4.24. The van der Waals surface area contributed by atoms with E-state index in [-0.39, 0.29) is 12.1 Å². The molecule has 0 aliphatic heterocycles. The van der Waals surface area contributed by atoms with E-state index in [1.165, 1.54) is 12.8 Å². The van der Waals surface area contributed by atoms with E-state index in [1.54, 1.807) is 0 Å². The lowest BCUT2D eigenvalue weighted by atomic mass is 9.79. The minimum Gasteiger partial charge on any atom is -0.391 e. The molecule has 1 rings (SSSR count). The molecule has 0 aromatic carbocycles. The molecular weight excluding hydrogens is 150 g/mol. The lowest BCUT2D eigenvalue weighted by Gasteiger charge is -2.31. The average Bonchev–Trinajstić information content (AvgIpc) is 2.04. The topological polar surface area (TPSA) is 46.2 Å². The third-order valence-electron chi connectivity index (χ3n) is 3.08. The number of nitrogens with two attached hydrogens (primary N) is 1. The van der Waals surface area contributed by atoms with Crippen LogP contribution in [0.3, 0.4) is 0 Å². The Morgan fingerprint density at radius 1 is 1.25 bits per heavy atom. The van der Waals surface area contributed by atoms with E-state index in [4.69, 9.17) is 5.73 Å². The lowest BCUT2D eigenvalue weighted by Crippen LogP contribution is -2.39. The number of rotatable bonds is 2. The second-order valence-corrected chi connectivity index (χ2v) is 4.37. The lowest BCUT2D eigenvalue weighted by molar-refractivity contribution is 0.0592. The Morgan fingerprint density at radius 3 is 2.17 bits per heavy atom. The molecule has 1 unspecified atom stereocenters. The van der Waals surface area contributed by atoms with Gasteiger partial charge in [0.15, 0.2) is 0 Å². The van der Waals surface area contributed by atoms with Gasteiger partial charge in [-0.25, -0.2) is 0 Å². The van der Waals surface area contributed by atoms with Gasteiger partial charge in [-0.05, 0) is 31.6 Å². The summed E-state index contributed by atoms with van der Waals surface area (Å²) in [4.78, 5) is 0. The van der Waals surface area contributed by atoms with Crippen molar-refractivity contribution in [2.24, 2.45) is 17.6 Å². The van der Waals surface area contributed by atoms with Crippen molar-refractivity contribution in [2.75, 3.05) is 0 Å². The first kappa shape index (κ1) is 10.0. The van der Waals surface area contributed by atoms with Crippen LogP contribution >= 0.6 is 0 Å². The van der Waals surface area contributed by atoms with Crippen molar-refractivity contribution in [1.82, 2.24) is 0 Å². The normalized spacial score (nSPS) is 36.0. The van der Waals surface area contributed by atoms with E-state index >= 15 is 0 Å². The zero-order valence-electron chi connectivity index (χ0n) is 8.16. The highest BCUT2D eigenvalue weighted by Crippen LogP contribution is 2.30. The van der Waals surface area contributed by atoms with E-state index in [9.17, 15) is 5.11 Å². The maximum Gasteiger partial charge on any atom is 0.0716 e. The highest BCUT2D eigenvalue weighted by molar-refractivity contribution is 4.80. The molecule has 12 heavy (non-hydrogen) atoms. The molecule has 0 aromatic heterocycles. The van der Waals surface area contributed by atoms with Gasteiger partial charge in [0.2, 0.25) is 0 Å². The number of aliphatic hydroxyl groups excluding tert-OH is 1. The molecule has 0 bridgehead atoms. The summed E-state index contributed by atoms with van der Waals surface area (Å²) in [5.74, 6) is 1.31. The summed E-state index contributed by atoms with van der Waals surface area (Å²) in [5, 5.41) is 9.71. The van der Waals surface area contributed by atoms with Crippen LogP contribution < -0.4 is 5.73 Å². The van der Waals surface area contributed by atoms with Gasteiger partial charge in [-0.3, -0.25) is 0 Å². The van der Waals surface area contributed by atoms with E-state index in [0.717, 1.165) is 18.8 Å². The monoisotopic (exact) mass is 171 g/mol. The Bertz CT molecular complexity index is 128. The zero-order valence-corrected chi connectivity index (χ0v) is 8.16. The fourth-order valence-electron chi connectivity index (χ4n) is 2.06. The third-order valence-corrected chi connectivity index (χ3v) is 3.08. The zero-order chi connectivity index (χ0) is 9.14. The summed E-state index contributed by atoms with van der Waals surface area (Å²) in [6, 6.07) is -0.0663.